The summed E-state index contributed by atoms with van der Waals surface area (Å²) in [4.78, 5) is 2.14. The van der Waals surface area contributed by atoms with Gasteiger partial charge in [0.25, 0.3) is 0 Å². The minimum absolute atomic E-state index is 0.489. The Morgan fingerprint density at radius 1 is 0.944 bits per heavy atom. The van der Waals surface area contributed by atoms with E-state index in [9.17, 15) is 0 Å². The molecule has 1 heterocycles. The van der Waals surface area contributed by atoms with Crippen LogP contribution in [0.15, 0.2) is 48.5 Å². The zero-order valence-corrected chi connectivity index (χ0v) is 9.84. The summed E-state index contributed by atoms with van der Waals surface area (Å²) in [5.41, 5.74) is 2.04. The second kappa shape index (κ2) is 4.42. The molecule has 0 atom stereocenters. The van der Waals surface area contributed by atoms with Crippen LogP contribution >= 0.6 is 0 Å². The van der Waals surface area contributed by atoms with Gasteiger partial charge in [-0.15, -0.1) is 0 Å². The zero-order chi connectivity index (χ0) is 12.4. The molecule has 3 rings (SSSR count). The highest BCUT2D eigenvalue weighted by Crippen LogP contribution is 2.45. The lowest BCUT2D eigenvalue weighted by molar-refractivity contribution is 0.473. The molecule has 0 spiro atoms. The molecule has 1 aliphatic heterocycles. The molecule has 0 N–H and O–H groups in total. The van der Waals surface area contributed by atoms with Crippen LogP contribution < -0.4 is 9.64 Å². The van der Waals surface area contributed by atoms with Gasteiger partial charge in [0.15, 0.2) is 11.5 Å². The third-order valence-electron chi connectivity index (χ3n) is 2.98. The highest BCUT2D eigenvalue weighted by atomic mass is 16.5. The molecular formula is C15H12N2O. The number of hydrogen-bond donors (Lipinski definition) is 0. The first-order valence-electron chi connectivity index (χ1n) is 5.90. The number of nitrogens with zero attached hydrogens (tertiary/aromatic N) is 2. The van der Waals surface area contributed by atoms with Crippen LogP contribution in [0, 0.1) is 11.3 Å². The molecule has 1 aliphatic rings. The Hall–Kier alpha value is -2.47. The first kappa shape index (κ1) is 10.7. The first-order chi connectivity index (χ1) is 8.90. The summed E-state index contributed by atoms with van der Waals surface area (Å²) in [5.74, 6) is 1.68. The Bertz CT molecular complexity index is 570. The number of fused-ring (bicyclic) bond motifs is 2. The fraction of sp³-hybridized carbons (Fsp3) is 0.133. The van der Waals surface area contributed by atoms with E-state index in [2.05, 4.69) is 11.0 Å². The van der Waals surface area contributed by atoms with Crippen molar-refractivity contribution in [1.29, 1.82) is 5.26 Å². The maximum Gasteiger partial charge on any atom is 0.151 e. The van der Waals surface area contributed by atoms with Gasteiger partial charge in [-0.3, -0.25) is 0 Å². The Kier molecular flexibility index (Phi) is 2.62. The van der Waals surface area contributed by atoms with E-state index in [1.165, 1.54) is 0 Å². The van der Waals surface area contributed by atoms with E-state index in [4.69, 9.17) is 10.00 Å². The second-order valence-electron chi connectivity index (χ2n) is 4.10. The molecule has 0 aliphatic carbocycles. The summed E-state index contributed by atoms with van der Waals surface area (Å²) >= 11 is 0. The molecule has 2 aromatic rings. The number of rotatable bonds is 2. The molecular weight excluding hydrogens is 224 g/mol. The lowest BCUT2D eigenvalue weighted by atomic mass is 10.1. The smallest absolute Gasteiger partial charge is 0.151 e. The molecule has 0 radical (unpaired) electrons. The third kappa shape index (κ3) is 1.68. The number of ether oxygens (including phenoxy) is 1. The molecule has 18 heavy (non-hydrogen) atoms. The second-order valence-corrected chi connectivity index (χ2v) is 4.10. The molecule has 0 fully saturated rings. The standard InChI is InChI=1S/C15H12N2O/c16-10-5-11-17-12-6-1-3-8-14(12)18-15-9-4-2-7-13(15)17/h1-4,6-9H,5,11H2. The molecule has 0 aromatic heterocycles. The average molecular weight is 236 g/mol. The fourth-order valence-corrected chi connectivity index (χ4v) is 2.18. The summed E-state index contributed by atoms with van der Waals surface area (Å²) in [7, 11) is 0. The number of anilines is 2. The molecule has 0 bridgehead atoms. The van der Waals surface area contributed by atoms with E-state index in [0.717, 1.165) is 22.9 Å². The van der Waals surface area contributed by atoms with Crippen LogP contribution in [0.4, 0.5) is 11.4 Å². The molecule has 2 aromatic carbocycles. The summed E-state index contributed by atoms with van der Waals surface area (Å²) in [5, 5.41) is 8.78. The normalized spacial score (nSPS) is 12.1. The number of hydrogen-bond acceptors (Lipinski definition) is 3. The SMILES string of the molecule is N#CCCN1c2ccccc2Oc2ccccc21. The summed E-state index contributed by atoms with van der Waals surface area (Å²) < 4.78 is 5.86. The van der Waals surface area contributed by atoms with Crippen molar-refractivity contribution >= 4 is 11.4 Å². The van der Waals surface area contributed by atoms with Gasteiger partial charge in [-0.05, 0) is 24.3 Å². The van der Waals surface area contributed by atoms with Crippen molar-refractivity contribution in [2.45, 2.75) is 6.42 Å². The van der Waals surface area contributed by atoms with Crippen molar-refractivity contribution in [3.05, 3.63) is 48.5 Å². The molecule has 0 saturated carbocycles. The number of para-hydroxylation sites is 4. The van der Waals surface area contributed by atoms with Gasteiger partial charge in [-0.2, -0.15) is 5.26 Å². The van der Waals surface area contributed by atoms with Crippen LogP contribution in [0.2, 0.25) is 0 Å². The van der Waals surface area contributed by atoms with Gasteiger partial charge >= 0.3 is 0 Å². The lowest BCUT2D eigenvalue weighted by Gasteiger charge is -2.32. The molecule has 0 unspecified atom stereocenters. The molecule has 88 valence electrons. The quantitative estimate of drug-likeness (QED) is 0.794. The maximum atomic E-state index is 8.78. The summed E-state index contributed by atoms with van der Waals surface area (Å²) in [6.45, 7) is 0.674. The van der Waals surface area contributed by atoms with Gasteiger partial charge in [0.2, 0.25) is 0 Å². The van der Waals surface area contributed by atoms with Crippen molar-refractivity contribution in [3.8, 4) is 17.6 Å². The Morgan fingerprint density at radius 2 is 1.50 bits per heavy atom. The zero-order valence-electron chi connectivity index (χ0n) is 9.84. The Labute approximate surface area is 106 Å². The monoisotopic (exact) mass is 236 g/mol. The number of nitriles is 1. The van der Waals surface area contributed by atoms with E-state index in [-0.39, 0.29) is 0 Å². The van der Waals surface area contributed by atoms with Crippen molar-refractivity contribution in [3.63, 3.8) is 0 Å². The van der Waals surface area contributed by atoms with Gasteiger partial charge in [-0.25, -0.2) is 0 Å². The van der Waals surface area contributed by atoms with Crippen LogP contribution in [-0.2, 0) is 0 Å². The maximum absolute atomic E-state index is 8.78. The average Bonchev–Trinajstić information content (AvgIpc) is 2.43. The van der Waals surface area contributed by atoms with E-state index in [0.29, 0.717) is 13.0 Å². The van der Waals surface area contributed by atoms with Crippen molar-refractivity contribution in [2.75, 3.05) is 11.4 Å². The van der Waals surface area contributed by atoms with Crippen LogP contribution in [-0.4, -0.2) is 6.54 Å². The third-order valence-corrected chi connectivity index (χ3v) is 2.98. The summed E-state index contributed by atoms with van der Waals surface area (Å²) in [6.07, 6.45) is 0.489. The Balaban J connectivity index is 2.09. The molecule has 3 nitrogen and oxygen atoms in total. The van der Waals surface area contributed by atoms with Crippen molar-refractivity contribution < 1.29 is 4.74 Å². The van der Waals surface area contributed by atoms with Gasteiger partial charge in [-0.1, -0.05) is 24.3 Å². The van der Waals surface area contributed by atoms with Crippen LogP contribution in [0.3, 0.4) is 0 Å². The summed E-state index contributed by atoms with van der Waals surface area (Å²) in [6, 6.07) is 18.0. The van der Waals surface area contributed by atoms with E-state index in [1.807, 2.05) is 48.5 Å². The largest absolute Gasteiger partial charge is 0.453 e. The van der Waals surface area contributed by atoms with E-state index in [1.54, 1.807) is 0 Å². The fourth-order valence-electron chi connectivity index (χ4n) is 2.18. The topological polar surface area (TPSA) is 36.3 Å². The highest BCUT2D eigenvalue weighted by molar-refractivity contribution is 5.77. The first-order valence-corrected chi connectivity index (χ1v) is 5.90. The predicted octanol–water partition coefficient (Wildman–Crippen LogP) is 3.84. The highest BCUT2D eigenvalue weighted by Gasteiger charge is 2.22. The number of benzene rings is 2. The van der Waals surface area contributed by atoms with Crippen LogP contribution in [0.25, 0.3) is 0 Å². The van der Waals surface area contributed by atoms with E-state index < -0.39 is 0 Å². The predicted molar refractivity (Wildman–Crippen MR) is 70.2 cm³/mol. The van der Waals surface area contributed by atoms with Gasteiger partial charge in [0, 0.05) is 6.54 Å². The minimum atomic E-state index is 0.489. The molecule has 3 heteroatoms. The van der Waals surface area contributed by atoms with E-state index >= 15 is 0 Å². The van der Waals surface area contributed by atoms with Crippen molar-refractivity contribution in [1.82, 2.24) is 0 Å². The van der Waals surface area contributed by atoms with Crippen LogP contribution in [0.5, 0.6) is 11.5 Å². The van der Waals surface area contributed by atoms with Gasteiger partial charge in [0.05, 0.1) is 23.9 Å². The minimum Gasteiger partial charge on any atom is -0.453 e. The lowest BCUT2D eigenvalue weighted by Crippen LogP contribution is -2.21. The van der Waals surface area contributed by atoms with Gasteiger partial charge in [0.1, 0.15) is 0 Å². The van der Waals surface area contributed by atoms with Gasteiger partial charge < -0.3 is 9.64 Å². The Morgan fingerprint density at radius 3 is 2.06 bits per heavy atom. The van der Waals surface area contributed by atoms with Crippen LogP contribution in [0.1, 0.15) is 6.42 Å². The molecule has 0 amide bonds. The molecule has 0 saturated heterocycles. The van der Waals surface area contributed by atoms with Crippen molar-refractivity contribution in [2.24, 2.45) is 0 Å².